The van der Waals surface area contributed by atoms with Gasteiger partial charge in [-0.3, -0.25) is 57.5 Å². The molecule has 0 saturated carbocycles. The number of aliphatic hydroxyl groups is 6. The van der Waals surface area contributed by atoms with Crippen LogP contribution in [0.3, 0.4) is 0 Å². The molecule has 93 heavy (non-hydrogen) atoms. The zero-order chi connectivity index (χ0) is 68.6. The van der Waals surface area contributed by atoms with E-state index in [1.54, 1.807) is 74.5 Å². The minimum absolute atomic E-state index is 0.00627. The van der Waals surface area contributed by atoms with E-state index in [9.17, 15) is 88.2 Å². The molecule has 3 saturated heterocycles. The highest BCUT2D eigenvalue weighted by molar-refractivity contribution is 6.04. The van der Waals surface area contributed by atoms with Crippen LogP contribution in [0.25, 0.3) is 0 Å². The molecular weight excluding hydrogens is 1210 g/mol. The Morgan fingerprint density at radius 2 is 1.13 bits per heavy atom. The van der Waals surface area contributed by atoms with Crippen LogP contribution in [0.1, 0.15) is 110 Å². The van der Waals surface area contributed by atoms with Crippen LogP contribution in [0.2, 0.25) is 0 Å². The number of amides is 12. The Morgan fingerprint density at radius 3 is 1.70 bits per heavy atom. The lowest BCUT2D eigenvalue weighted by Gasteiger charge is -2.33. The first-order valence-electron chi connectivity index (χ1n) is 31.2. The maximum absolute atomic E-state index is 14.9. The second-order valence-electron chi connectivity index (χ2n) is 23.8. The van der Waals surface area contributed by atoms with Gasteiger partial charge in [0.2, 0.25) is 53.2 Å². The minimum Gasteiger partial charge on any atom is -0.394 e. The number of hydrogen-bond donors (Lipinski definition) is 16. The first-order valence-corrected chi connectivity index (χ1v) is 31.2. The number of aliphatic hydroxyl groups excluding tert-OH is 6. The van der Waals surface area contributed by atoms with Crippen LogP contribution in [0.15, 0.2) is 84.2 Å². The van der Waals surface area contributed by atoms with Crippen molar-refractivity contribution in [3.8, 4) is 0 Å². The van der Waals surface area contributed by atoms with Crippen molar-refractivity contribution in [1.82, 2.24) is 57.7 Å². The highest BCUT2D eigenvalue weighted by atomic mass is 16.3. The molecule has 17 N–H and O–H groups in total. The molecule has 3 aliphatic heterocycles. The fourth-order valence-corrected chi connectivity index (χ4v) is 11.1. The van der Waals surface area contributed by atoms with E-state index in [-0.39, 0.29) is 64.0 Å². The molecule has 13 atom stereocenters. The summed E-state index contributed by atoms with van der Waals surface area (Å²) in [6.07, 6.45) is -7.88. The summed E-state index contributed by atoms with van der Waals surface area (Å²) < 4.78 is 0. The predicted octanol–water partition coefficient (Wildman–Crippen LogP) is -4.17. The highest BCUT2D eigenvalue weighted by Crippen LogP contribution is 2.23. The Bertz CT molecular complexity index is 3020. The summed E-state index contributed by atoms with van der Waals surface area (Å²) in [5.41, 5.74) is 5.73. The van der Waals surface area contributed by atoms with Gasteiger partial charge in [-0.15, -0.1) is 0 Å². The molecule has 3 fully saturated rings. The quantitative estimate of drug-likeness (QED) is 0.0668. The molecular formula is C63H90N12O18. The Morgan fingerprint density at radius 1 is 0.602 bits per heavy atom. The van der Waals surface area contributed by atoms with Gasteiger partial charge in [0.1, 0.15) is 53.7 Å². The number of carbonyl (C=O) groups excluding carboxylic acids is 12. The summed E-state index contributed by atoms with van der Waals surface area (Å²) in [7, 11) is 0. The van der Waals surface area contributed by atoms with Crippen molar-refractivity contribution in [2.45, 2.75) is 191 Å². The largest absolute Gasteiger partial charge is 0.394 e. The third kappa shape index (κ3) is 22.5. The topological polar surface area (TPSA) is 467 Å². The first-order chi connectivity index (χ1) is 44.2. The standard InChI is InChI=1S/C63H90N12O18/c1-6-39-55(85)72-45(33-76)58(88)67-40(7-2)56(86)73-52(35(5)77)61(91)69-42(23-22-36-16-10-8-11-17-36)63(93)75-27-15-21-47(75)60(90)70-43(30-38(78)31-49(80)48(79)28-34(3)4)53(83)62(92)68-41(24-25-50(64)81)54(84)65-32-51(82)74-26-14-20-46(74)59(89)71-44(57(87)66-39)29-37-18-12-9-13-19-37/h6-13,16-19,34-35,38,41-49,52-53,76-80,83H,14-15,20-33H2,1-5H3,(H2,64,81)(H,65,84)(H,66,87)(H,67,88)(H,68,92)(H,69,91)(H,70,90)(H,71,89)(H,72,85)(H,73,86)/b39-6-,40-7+/t35-,38?,41+,42+,43?,44+,45+,46?,47+,48?,49?,52+,53?/m1/s1. The lowest BCUT2D eigenvalue weighted by atomic mass is 9.94. The zero-order valence-corrected chi connectivity index (χ0v) is 52.9. The molecule has 3 aliphatic rings. The van der Waals surface area contributed by atoms with Gasteiger partial charge in [0, 0.05) is 32.4 Å². The number of rotatable bonds is 17. The Kier molecular flexibility index (Phi) is 29.5. The fraction of sp³-hybridized carbons (Fsp3) is 0.556. The number of allylic oxidation sites excluding steroid dienone is 2. The number of primary amides is 1. The average Bonchev–Trinajstić information content (AvgIpc) is 1.80. The first kappa shape index (κ1) is 75.0. The minimum atomic E-state index is -2.35. The van der Waals surface area contributed by atoms with Crippen molar-refractivity contribution < 1.29 is 88.2 Å². The molecule has 30 heteroatoms. The van der Waals surface area contributed by atoms with Crippen LogP contribution in [0.5, 0.6) is 0 Å². The van der Waals surface area contributed by atoms with Crippen LogP contribution in [-0.2, 0) is 70.4 Å². The lowest BCUT2D eigenvalue weighted by Crippen LogP contribution is -2.61. The molecule has 2 aromatic carbocycles. The van der Waals surface area contributed by atoms with Gasteiger partial charge >= 0.3 is 0 Å². The van der Waals surface area contributed by atoms with E-state index in [1.807, 2.05) is 0 Å². The van der Waals surface area contributed by atoms with Crippen LogP contribution in [0, 0.1) is 5.92 Å². The zero-order valence-electron chi connectivity index (χ0n) is 52.9. The molecule has 3 heterocycles. The number of fused-ring (bicyclic) bond motifs is 2. The van der Waals surface area contributed by atoms with Crippen molar-refractivity contribution in [1.29, 1.82) is 0 Å². The van der Waals surface area contributed by atoms with E-state index < -0.39 is 200 Å². The molecule has 2 aromatic rings. The van der Waals surface area contributed by atoms with Gasteiger partial charge in [0.05, 0.1) is 43.6 Å². The predicted molar refractivity (Wildman–Crippen MR) is 333 cm³/mol. The molecule has 0 bridgehead atoms. The molecule has 12 amide bonds. The molecule has 6 unspecified atom stereocenters. The van der Waals surface area contributed by atoms with Gasteiger partial charge in [-0.1, -0.05) is 86.7 Å². The van der Waals surface area contributed by atoms with Crippen LogP contribution < -0.4 is 53.6 Å². The maximum Gasteiger partial charge on any atom is 0.268 e. The summed E-state index contributed by atoms with van der Waals surface area (Å²) in [5.74, 6) is -12.3. The summed E-state index contributed by atoms with van der Waals surface area (Å²) >= 11 is 0. The van der Waals surface area contributed by atoms with Gasteiger partial charge in [-0.05, 0) is 95.6 Å². The monoisotopic (exact) mass is 1300 g/mol. The molecule has 0 radical (unpaired) electrons. The van der Waals surface area contributed by atoms with Crippen molar-refractivity contribution in [3.05, 3.63) is 95.3 Å². The second-order valence-corrected chi connectivity index (χ2v) is 23.8. The lowest BCUT2D eigenvalue weighted by molar-refractivity contribution is -0.143. The van der Waals surface area contributed by atoms with Crippen LogP contribution in [-0.4, -0.2) is 216 Å². The smallest absolute Gasteiger partial charge is 0.268 e. The number of nitrogens with one attached hydrogen (secondary N) is 9. The molecule has 510 valence electrons. The highest BCUT2D eigenvalue weighted by Gasteiger charge is 2.43. The number of aryl methyl sites for hydroxylation is 1. The molecule has 0 aliphatic carbocycles. The van der Waals surface area contributed by atoms with E-state index in [2.05, 4.69) is 47.9 Å². The van der Waals surface area contributed by atoms with Gasteiger partial charge in [-0.2, -0.15) is 0 Å². The second kappa shape index (κ2) is 36.5. The Labute approximate surface area is 538 Å². The van der Waals surface area contributed by atoms with E-state index in [1.165, 1.54) is 19.9 Å². The maximum atomic E-state index is 14.9. The van der Waals surface area contributed by atoms with Crippen molar-refractivity contribution in [3.63, 3.8) is 0 Å². The van der Waals surface area contributed by atoms with Crippen LogP contribution >= 0.6 is 0 Å². The summed E-state index contributed by atoms with van der Waals surface area (Å²) in [5, 5.41) is 88.0. The third-order valence-corrected chi connectivity index (χ3v) is 16.1. The summed E-state index contributed by atoms with van der Waals surface area (Å²) in [6, 6.07) is 4.50. The van der Waals surface area contributed by atoms with E-state index in [0.29, 0.717) is 12.0 Å². The van der Waals surface area contributed by atoms with Gasteiger partial charge in [0.15, 0.2) is 6.10 Å². The fourth-order valence-electron chi connectivity index (χ4n) is 11.1. The van der Waals surface area contributed by atoms with E-state index in [4.69, 9.17) is 5.73 Å². The summed E-state index contributed by atoms with van der Waals surface area (Å²) in [4.78, 5) is 170. The normalized spacial score (nSPS) is 26.6. The molecule has 30 nitrogen and oxygen atoms in total. The Hall–Kier alpha value is -8.68. The van der Waals surface area contributed by atoms with Crippen molar-refractivity contribution in [2.75, 3.05) is 26.2 Å². The number of carbonyl (C=O) groups is 12. The number of nitrogens with zero attached hydrogens (tertiary/aromatic N) is 2. The van der Waals surface area contributed by atoms with Gasteiger partial charge in [-0.25, -0.2) is 0 Å². The number of hydrogen-bond acceptors (Lipinski definition) is 18. The van der Waals surface area contributed by atoms with Crippen LogP contribution in [0.4, 0.5) is 0 Å². The van der Waals surface area contributed by atoms with Crippen molar-refractivity contribution in [2.24, 2.45) is 11.7 Å². The van der Waals surface area contributed by atoms with E-state index in [0.717, 1.165) is 28.4 Å². The Balaban J connectivity index is 1.55. The molecule has 0 aromatic heterocycles. The number of nitrogens with two attached hydrogens (primary N) is 1. The number of benzene rings is 2. The molecule has 5 rings (SSSR count). The average molecular weight is 1300 g/mol. The molecule has 0 spiro atoms. The van der Waals surface area contributed by atoms with Gasteiger partial charge in [0.25, 0.3) is 17.7 Å². The van der Waals surface area contributed by atoms with Crippen molar-refractivity contribution >= 4 is 70.9 Å². The summed E-state index contributed by atoms with van der Waals surface area (Å²) in [6.45, 7) is 5.50. The van der Waals surface area contributed by atoms with Gasteiger partial charge < -0.3 is 94.0 Å². The third-order valence-electron chi connectivity index (χ3n) is 16.1. The van der Waals surface area contributed by atoms with E-state index >= 15 is 0 Å². The SMILES string of the molecule is C/C=C1\NC(=O)[C@H](Cc2ccccc2)NC(=O)C2CCCN2C(=O)CNC(=O)[C@H](CCC(N)=O)NC(=O)C(O)C(CC(O)CC(O)C(O)CC(C)C)NC(=O)[C@@H]2CCCN2C(=O)[C@H](CCc2ccccc2)NC(=O)[C@H]([C@@H](C)O)NC(=O)/C(=C\C)NC(=O)[C@H](CO)NC1=O.